The molecule has 0 nitrogen and oxygen atoms in total. The molecule has 0 aliphatic heterocycles. The quantitative estimate of drug-likeness (QED) is 0.306. The Hall–Kier alpha value is -2.88. The first kappa shape index (κ1) is 20.8. The van der Waals surface area contributed by atoms with Crippen molar-refractivity contribution in [2.45, 2.75) is 33.6 Å². The van der Waals surface area contributed by atoms with Gasteiger partial charge >= 0.3 is 0 Å². The molecule has 0 amide bonds. The Balaban J connectivity index is 1.90. The molecule has 0 N–H and O–H groups in total. The minimum atomic E-state index is -0.874. The van der Waals surface area contributed by atoms with Crippen molar-refractivity contribution in [1.82, 2.24) is 0 Å². The second-order valence-corrected chi connectivity index (χ2v) is 7.16. The SMILES string of the molecule is CCCc1ccc(/C=C/c2ccc(-c3ccc(C)c(F)c3F)c(C)c2)c(F)c1F. The fourth-order valence-electron chi connectivity index (χ4n) is 3.33. The van der Waals surface area contributed by atoms with Crippen LogP contribution in [0.25, 0.3) is 23.3 Å². The number of halogens is 4. The molecule has 0 aliphatic carbocycles. The standard InChI is InChI=1S/C25H22F4/c1-4-5-18-10-11-19(24(28)23(18)27)9-7-17-8-13-20(16(3)14-17)21-12-6-15(2)22(26)25(21)29/h6-14H,4-5H2,1-3H3/b9-7+. The number of hydrogen-bond donors (Lipinski definition) is 0. The van der Waals surface area contributed by atoms with Gasteiger partial charge in [0.15, 0.2) is 23.3 Å². The highest BCUT2D eigenvalue weighted by Gasteiger charge is 2.14. The van der Waals surface area contributed by atoms with Gasteiger partial charge < -0.3 is 0 Å². The second kappa shape index (κ2) is 8.64. The van der Waals surface area contributed by atoms with Gasteiger partial charge in [-0.1, -0.05) is 68.0 Å². The minimum Gasteiger partial charge on any atom is -0.203 e. The summed E-state index contributed by atoms with van der Waals surface area (Å²) in [5, 5.41) is 0. The summed E-state index contributed by atoms with van der Waals surface area (Å²) in [4.78, 5) is 0. The molecule has 0 spiro atoms. The first-order valence-corrected chi connectivity index (χ1v) is 9.54. The van der Waals surface area contributed by atoms with Gasteiger partial charge in [0.25, 0.3) is 0 Å². The lowest BCUT2D eigenvalue weighted by Gasteiger charge is -2.10. The lowest BCUT2D eigenvalue weighted by atomic mass is 9.96. The highest BCUT2D eigenvalue weighted by molar-refractivity contribution is 5.74. The molecule has 0 aliphatic rings. The summed E-state index contributed by atoms with van der Waals surface area (Å²) in [5.74, 6) is -3.40. The van der Waals surface area contributed by atoms with Crippen LogP contribution in [0, 0.1) is 37.1 Å². The van der Waals surface area contributed by atoms with Crippen molar-refractivity contribution in [3.63, 3.8) is 0 Å². The van der Waals surface area contributed by atoms with E-state index < -0.39 is 23.3 Å². The molecule has 0 radical (unpaired) electrons. The molecule has 29 heavy (non-hydrogen) atoms. The molecule has 0 atom stereocenters. The molecule has 0 unspecified atom stereocenters. The Morgan fingerprint density at radius 3 is 2.10 bits per heavy atom. The van der Waals surface area contributed by atoms with Crippen LogP contribution in [0.5, 0.6) is 0 Å². The topological polar surface area (TPSA) is 0 Å². The molecule has 4 heteroatoms. The summed E-state index contributed by atoms with van der Waals surface area (Å²) < 4.78 is 56.6. The zero-order chi connectivity index (χ0) is 21.1. The largest absolute Gasteiger partial charge is 0.203 e. The van der Waals surface area contributed by atoms with Crippen LogP contribution in [0.3, 0.4) is 0 Å². The molecule has 3 aromatic rings. The van der Waals surface area contributed by atoms with Gasteiger partial charge in [-0.25, -0.2) is 17.6 Å². The van der Waals surface area contributed by atoms with E-state index >= 15 is 0 Å². The Kier molecular flexibility index (Phi) is 6.21. The summed E-state index contributed by atoms with van der Waals surface area (Å²) in [6, 6.07) is 11.5. The fraction of sp³-hybridized carbons (Fsp3) is 0.200. The van der Waals surface area contributed by atoms with Crippen LogP contribution in [0.4, 0.5) is 17.6 Å². The van der Waals surface area contributed by atoms with Crippen LogP contribution in [-0.4, -0.2) is 0 Å². The van der Waals surface area contributed by atoms with Gasteiger partial charge in [0.05, 0.1) is 0 Å². The van der Waals surface area contributed by atoms with Crippen molar-refractivity contribution in [2.24, 2.45) is 0 Å². The third-order valence-corrected chi connectivity index (χ3v) is 4.98. The molecule has 3 aromatic carbocycles. The number of rotatable bonds is 5. The van der Waals surface area contributed by atoms with E-state index in [1.807, 2.05) is 6.92 Å². The van der Waals surface area contributed by atoms with E-state index in [1.54, 1.807) is 55.5 Å². The zero-order valence-corrected chi connectivity index (χ0v) is 16.6. The van der Waals surface area contributed by atoms with Gasteiger partial charge in [0.2, 0.25) is 0 Å². The van der Waals surface area contributed by atoms with Crippen LogP contribution in [0.15, 0.2) is 42.5 Å². The summed E-state index contributed by atoms with van der Waals surface area (Å²) in [6.07, 6.45) is 4.40. The Morgan fingerprint density at radius 1 is 0.690 bits per heavy atom. The minimum absolute atomic E-state index is 0.163. The molecule has 150 valence electrons. The van der Waals surface area contributed by atoms with Gasteiger partial charge in [0.1, 0.15) is 0 Å². The summed E-state index contributed by atoms with van der Waals surface area (Å²) >= 11 is 0. The summed E-state index contributed by atoms with van der Waals surface area (Å²) in [7, 11) is 0. The third-order valence-electron chi connectivity index (χ3n) is 4.98. The molecule has 0 saturated heterocycles. The van der Waals surface area contributed by atoms with Crippen molar-refractivity contribution in [1.29, 1.82) is 0 Å². The molecule has 0 fully saturated rings. The van der Waals surface area contributed by atoms with Gasteiger partial charge in [-0.05, 0) is 48.1 Å². The molecule has 0 saturated carbocycles. The van der Waals surface area contributed by atoms with Gasteiger partial charge in [-0.2, -0.15) is 0 Å². The fourth-order valence-corrected chi connectivity index (χ4v) is 3.33. The van der Waals surface area contributed by atoms with E-state index in [9.17, 15) is 17.6 Å². The molecular weight excluding hydrogens is 376 g/mol. The molecule has 0 bridgehead atoms. The van der Waals surface area contributed by atoms with E-state index in [0.717, 1.165) is 17.5 Å². The average Bonchev–Trinajstić information content (AvgIpc) is 2.70. The number of aryl methyl sites for hydroxylation is 3. The zero-order valence-electron chi connectivity index (χ0n) is 16.6. The lowest BCUT2D eigenvalue weighted by Crippen LogP contribution is -1.96. The highest BCUT2D eigenvalue weighted by Crippen LogP contribution is 2.30. The normalized spacial score (nSPS) is 11.4. The van der Waals surface area contributed by atoms with Crippen LogP contribution >= 0.6 is 0 Å². The van der Waals surface area contributed by atoms with E-state index in [-0.39, 0.29) is 16.7 Å². The van der Waals surface area contributed by atoms with E-state index in [1.165, 1.54) is 13.0 Å². The number of hydrogen-bond acceptors (Lipinski definition) is 0. The number of benzene rings is 3. The molecule has 0 heterocycles. The van der Waals surface area contributed by atoms with Gasteiger partial charge in [-0.3, -0.25) is 0 Å². The van der Waals surface area contributed by atoms with Crippen molar-refractivity contribution in [3.8, 4) is 11.1 Å². The Morgan fingerprint density at radius 2 is 1.41 bits per heavy atom. The van der Waals surface area contributed by atoms with E-state index in [0.29, 0.717) is 17.5 Å². The first-order chi connectivity index (χ1) is 13.8. The van der Waals surface area contributed by atoms with Crippen LogP contribution in [0.2, 0.25) is 0 Å². The first-order valence-electron chi connectivity index (χ1n) is 9.54. The van der Waals surface area contributed by atoms with Crippen LogP contribution < -0.4 is 0 Å². The van der Waals surface area contributed by atoms with Crippen LogP contribution in [0.1, 0.15) is 41.2 Å². The molecule has 3 rings (SSSR count). The summed E-state index contributed by atoms with van der Waals surface area (Å²) in [5.41, 5.74) is 3.06. The average molecular weight is 398 g/mol. The maximum atomic E-state index is 14.3. The van der Waals surface area contributed by atoms with E-state index in [4.69, 9.17) is 0 Å². The van der Waals surface area contributed by atoms with Gasteiger partial charge in [0, 0.05) is 11.1 Å². The van der Waals surface area contributed by atoms with Crippen LogP contribution in [-0.2, 0) is 6.42 Å². The van der Waals surface area contributed by atoms with Crippen molar-refractivity contribution in [2.75, 3.05) is 0 Å². The maximum Gasteiger partial charge on any atom is 0.166 e. The monoisotopic (exact) mass is 398 g/mol. The van der Waals surface area contributed by atoms with E-state index in [2.05, 4.69) is 0 Å². The predicted octanol–water partition coefficient (Wildman–Crippen LogP) is 7.65. The molecule has 0 aromatic heterocycles. The maximum absolute atomic E-state index is 14.3. The Bertz CT molecular complexity index is 1080. The van der Waals surface area contributed by atoms with Gasteiger partial charge in [-0.15, -0.1) is 0 Å². The molecular formula is C25H22F4. The second-order valence-electron chi connectivity index (χ2n) is 7.16. The smallest absolute Gasteiger partial charge is 0.166 e. The van der Waals surface area contributed by atoms with Crippen molar-refractivity contribution < 1.29 is 17.6 Å². The summed E-state index contributed by atoms with van der Waals surface area (Å²) in [6.45, 7) is 5.22. The van der Waals surface area contributed by atoms with Crippen molar-refractivity contribution >= 4 is 12.2 Å². The predicted molar refractivity (Wildman–Crippen MR) is 111 cm³/mol. The van der Waals surface area contributed by atoms with Crippen molar-refractivity contribution in [3.05, 3.63) is 93.6 Å². The highest BCUT2D eigenvalue weighted by atomic mass is 19.2. The third kappa shape index (κ3) is 4.26. The lowest BCUT2D eigenvalue weighted by molar-refractivity contribution is 0.496. The Labute approximate surface area is 168 Å².